The molecule has 27 heavy (non-hydrogen) atoms. The van der Waals surface area contributed by atoms with Crippen molar-refractivity contribution in [2.45, 2.75) is 37.2 Å². The second-order valence-corrected chi connectivity index (χ2v) is 8.58. The fourth-order valence-electron chi connectivity index (χ4n) is 2.84. The van der Waals surface area contributed by atoms with Gasteiger partial charge < -0.3 is 14.2 Å². The third kappa shape index (κ3) is 4.23. The highest BCUT2D eigenvalue weighted by Crippen LogP contribution is 2.29. The molecule has 0 aliphatic heterocycles. The summed E-state index contributed by atoms with van der Waals surface area (Å²) in [5.74, 6) is 0.471. The smallest absolute Gasteiger partial charge is 0.275 e. The molecule has 0 atom stereocenters. The van der Waals surface area contributed by atoms with E-state index in [0.717, 1.165) is 23.6 Å². The van der Waals surface area contributed by atoms with E-state index in [9.17, 15) is 13.7 Å². The number of hydrogen-bond acceptors (Lipinski definition) is 7. The van der Waals surface area contributed by atoms with Gasteiger partial charge in [-0.05, 0) is 44.2 Å². The van der Waals surface area contributed by atoms with Crippen molar-refractivity contribution in [3.63, 3.8) is 0 Å². The fraction of sp³-hybridized carbons (Fsp3) is 0.444. The maximum absolute atomic E-state index is 12.1. The van der Waals surface area contributed by atoms with Crippen LogP contribution in [-0.4, -0.2) is 38.3 Å². The molecule has 0 spiro atoms. The Hall–Kier alpha value is -2.57. The number of oxazole rings is 1. The highest BCUT2D eigenvalue weighted by atomic mass is 32.2. The molecule has 2 aromatic rings. The van der Waals surface area contributed by atoms with Crippen LogP contribution in [0.2, 0.25) is 0 Å². The standard InChI is InChI=1S/C18H22N4O4S/c1-22(2)27(23,24)16-9-8-15(25-16)18-21-14(12-19)17(26-18)20-11-10-13-6-4-3-5-7-13/h6,8-9,20H,3-5,7,10-11H2,1-2H3. The number of anilines is 1. The highest BCUT2D eigenvalue weighted by molar-refractivity contribution is 7.88. The predicted octanol–water partition coefficient (Wildman–Crippen LogP) is 3.36. The zero-order valence-electron chi connectivity index (χ0n) is 15.4. The van der Waals surface area contributed by atoms with Crippen LogP contribution < -0.4 is 5.32 Å². The summed E-state index contributed by atoms with van der Waals surface area (Å²) < 4.78 is 36.2. The second-order valence-electron chi connectivity index (χ2n) is 6.50. The van der Waals surface area contributed by atoms with Gasteiger partial charge in [-0.1, -0.05) is 11.6 Å². The van der Waals surface area contributed by atoms with E-state index < -0.39 is 10.0 Å². The van der Waals surface area contributed by atoms with Gasteiger partial charge in [0, 0.05) is 20.6 Å². The molecule has 2 aromatic heterocycles. The number of furan rings is 1. The Balaban J connectivity index is 1.74. The number of allylic oxidation sites excluding steroid dienone is 1. The molecule has 0 unspecified atom stereocenters. The third-order valence-electron chi connectivity index (χ3n) is 4.38. The lowest BCUT2D eigenvalue weighted by Gasteiger charge is -2.12. The fourth-order valence-corrected chi connectivity index (χ4v) is 3.64. The quantitative estimate of drug-likeness (QED) is 0.721. The Labute approximate surface area is 158 Å². The Morgan fingerprint density at radius 1 is 1.30 bits per heavy atom. The van der Waals surface area contributed by atoms with Gasteiger partial charge in [-0.25, -0.2) is 12.7 Å². The molecule has 0 saturated heterocycles. The van der Waals surface area contributed by atoms with Crippen LogP contribution in [0, 0.1) is 11.3 Å². The summed E-state index contributed by atoms with van der Waals surface area (Å²) >= 11 is 0. The number of rotatable bonds is 7. The maximum atomic E-state index is 12.1. The van der Waals surface area contributed by atoms with Crippen molar-refractivity contribution in [2.75, 3.05) is 26.0 Å². The van der Waals surface area contributed by atoms with E-state index in [1.807, 2.05) is 6.07 Å². The van der Waals surface area contributed by atoms with Crippen LogP contribution in [0.1, 0.15) is 37.8 Å². The van der Waals surface area contributed by atoms with E-state index in [2.05, 4.69) is 16.4 Å². The zero-order valence-corrected chi connectivity index (χ0v) is 16.2. The summed E-state index contributed by atoms with van der Waals surface area (Å²) in [4.78, 5) is 4.10. The van der Waals surface area contributed by atoms with Gasteiger partial charge in [0.1, 0.15) is 6.07 Å². The maximum Gasteiger partial charge on any atom is 0.275 e. The molecule has 3 rings (SSSR count). The van der Waals surface area contributed by atoms with Crippen molar-refractivity contribution >= 4 is 15.9 Å². The van der Waals surface area contributed by atoms with Gasteiger partial charge in [-0.2, -0.15) is 10.2 Å². The van der Waals surface area contributed by atoms with Crippen molar-refractivity contribution in [3.05, 3.63) is 29.5 Å². The molecule has 2 heterocycles. The van der Waals surface area contributed by atoms with Crippen LogP contribution in [0.15, 0.2) is 37.7 Å². The first kappa shape index (κ1) is 19.2. The molecule has 0 aromatic carbocycles. The summed E-state index contributed by atoms with van der Waals surface area (Å²) in [5, 5.41) is 12.2. The van der Waals surface area contributed by atoms with Crippen molar-refractivity contribution in [3.8, 4) is 17.7 Å². The number of sulfonamides is 1. The first-order chi connectivity index (χ1) is 12.9. The molecule has 1 aliphatic rings. The first-order valence-electron chi connectivity index (χ1n) is 8.77. The van der Waals surface area contributed by atoms with Crippen molar-refractivity contribution < 1.29 is 17.3 Å². The third-order valence-corrected chi connectivity index (χ3v) is 6.07. The van der Waals surface area contributed by atoms with Gasteiger partial charge in [0.25, 0.3) is 15.9 Å². The lowest BCUT2D eigenvalue weighted by molar-refractivity contribution is 0.423. The average molecular weight is 390 g/mol. The van der Waals surface area contributed by atoms with Crippen molar-refractivity contribution in [2.24, 2.45) is 0 Å². The second kappa shape index (κ2) is 7.98. The van der Waals surface area contributed by atoms with Crippen LogP contribution in [0.25, 0.3) is 11.7 Å². The summed E-state index contributed by atoms with van der Waals surface area (Å²) in [6, 6.07) is 4.77. The molecular formula is C18H22N4O4S. The van der Waals surface area contributed by atoms with Gasteiger partial charge in [0.2, 0.25) is 16.7 Å². The van der Waals surface area contributed by atoms with E-state index in [1.54, 1.807) is 0 Å². The van der Waals surface area contributed by atoms with Crippen LogP contribution in [0.5, 0.6) is 0 Å². The minimum Gasteiger partial charge on any atom is -0.438 e. The Kier molecular flexibility index (Phi) is 5.68. The van der Waals surface area contributed by atoms with E-state index in [1.165, 1.54) is 44.6 Å². The van der Waals surface area contributed by atoms with E-state index in [0.29, 0.717) is 6.54 Å². The van der Waals surface area contributed by atoms with E-state index >= 15 is 0 Å². The van der Waals surface area contributed by atoms with E-state index in [-0.39, 0.29) is 28.3 Å². The summed E-state index contributed by atoms with van der Waals surface area (Å²) in [5.41, 5.74) is 1.52. The molecular weight excluding hydrogens is 368 g/mol. The first-order valence-corrected chi connectivity index (χ1v) is 10.2. The predicted molar refractivity (Wildman–Crippen MR) is 99.5 cm³/mol. The molecule has 9 heteroatoms. The van der Waals surface area contributed by atoms with Crippen molar-refractivity contribution in [1.82, 2.24) is 9.29 Å². The van der Waals surface area contributed by atoms with Crippen LogP contribution in [0.4, 0.5) is 5.88 Å². The van der Waals surface area contributed by atoms with Gasteiger partial charge >= 0.3 is 0 Å². The Morgan fingerprint density at radius 2 is 2.11 bits per heavy atom. The number of nitriles is 1. The molecule has 1 aliphatic carbocycles. The number of hydrogen-bond donors (Lipinski definition) is 1. The van der Waals surface area contributed by atoms with Gasteiger partial charge in [-0.15, -0.1) is 0 Å². The van der Waals surface area contributed by atoms with Gasteiger partial charge in [-0.3, -0.25) is 0 Å². The molecule has 1 N–H and O–H groups in total. The van der Waals surface area contributed by atoms with Crippen LogP contribution >= 0.6 is 0 Å². The van der Waals surface area contributed by atoms with Crippen LogP contribution in [-0.2, 0) is 10.0 Å². The molecule has 0 radical (unpaired) electrons. The molecule has 0 bridgehead atoms. The Morgan fingerprint density at radius 3 is 2.78 bits per heavy atom. The van der Waals surface area contributed by atoms with Gasteiger partial charge in [0.05, 0.1) is 0 Å². The van der Waals surface area contributed by atoms with Gasteiger partial charge in [0.15, 0.2) is 5.76 Å². The van der Waals surface area contributed by atoms with Crippen molar-refractivity contribution in [1.29, 1.82) is 5.26 Å². The number of nitrogens with zero attached hydrogens (tertiary/aromatic N) is 3. The molecule has 144 valence electrons. The SMILES string of the molecule is CN(C)S(=O)(=O)c1ccc(-c2nc(C#N)c(NCCC3=CCCCC3)o2)o1. The minimum absolute atomic E-state index is 0.0612. The van der Waals surface area contributed by atoms with E-state index in [4.69, 9.17) is 8.83 Å². The zero-order chi connectivity index (χ0) is 19.4. The largest absolute Gasteiger partial charge is 0.438 e. The molecule has 0 saturated carbocycles. The molecule has 0 fully saturated rings. The monoisotopic (exact) mass is 390 g/mol. The summed E-state index contributed by atoms with van der Waals surface area (Å²) in [6.07, 6.45) is 7.87. The lowest BCUT2D eigenvalue weighted by atomic mass is 9.97. The minimum atomic E-state index is -3.69. The lowest BCUT2D eigenvalue weighted by Crippen LogP contribution is -2.21. The molecule has 8 nitrogen and oxygen atoms in total. The highest BCUT2D eigenvalue weighted by Gasteiger charge is 2.24. The topological polar surface area (TPSA) is 112 Å². The number of aromatic nitrogens is 1. The Bertz CT molecular complexity index is 979. The van der Waals surface area contributed by atoms with Crippen LogP contribution in [0.3, 0.4) is 0 Å². The normalized spacial score (nSPS) is 14.8. The number of nitrogens with one attached hydrogen (secondary N) is 1. The molecule has 0 amide bonds. The average Bonchev–Trinajstić information content (AvgIpc) is 3.29. The summed E-state index contributed by atoms with van der Waals surface area (Å²) in [6.45, 7) is 0.633. The summed E-state index contributed by atoms with van der Waals surface area (Å²) in [7, 11) is -0.855.